The number of hydrogen-bond acceptors (Lipinski definition) is 3. The van der Waals surface area contributed by atoms with Crippen molar-refractivity contribution in [2.24, 2.45) is 0 Å². The summed E-state index contributed by atoms with van der Waals surface area (Å²) in [6.07, 6.45) is 0.371. The number of rotatable bonds is 6. The quantitative estimate of drug-likeness (QED) is 0.806. The Hall–Kier alpha value is -1.69. The summed E-state index contributed by atoms with van der Waals surface area (Å²) in [5.74, 6) is -1.69. The summed E-state index contributed by atoms with van der Waals surface area (Å²) in [7, 11) is 1.69. The number of amides is 1. The minimum Gasteiger partial charge on any atom is -0.444 e. The lowest BCUT2D eigenvalue weighted by molar-refractivity contribution is 0.0297. The zero-order valence-electron chi connectivity index (χ0n) is 14.5. The van der Waals surface area contributed by atoms with Crippen LogP contribution in [0.5, 0.6) is 0 Å². The SMILES string of the molecule is CC(NCCCN(C)C(=O)OC(C)(C)C)c1ccc(F)c(F)c1. The number of carbonyl (C=O) groups is 1. The molecular formula is C17H26F2N2O2. The third-order valence-corrected chi connectivity index (χ3v) is 3.27. The summed E-state index contributed by atoms with van der Waals surface area (Å²) in [6.45, 7) is 8.54. The summed E-state index contributed by atoms with van der Waals surface area (Å²) in [4.78, 5) is 13.3. The van der Waals surface area contributed by atoms with E-state index in [9.17, 15) is 13.6 Å². The molecule has 1 rings (SSSR count). The third kappa shape index (κ3) is 6.95. The van der Waals surface area contributed by atoms with Gasteiger partial charge in [-0.1, -0.05) is 6.07 Å². The molecule has 1 unspecified atom stereocenters. The number of carbonyl (C=O) groups excluding carboxylic acids is 1. The second-order valence-corrected chi connectivity index (χ2v) is 6.60. The molecule has 1 amide bonds. The molecule has 0 spiro atoms. The van der Waals surface area contributed by atoms with Crippen molar-refractivity contribution >= 4 is 6.09 Å². The van der Waals surface area contributed by atoms with E-state index in [-0.39, 0.29) is 12.1 Å². The number of benzene rings is 1. The van der Waals surface area contributed by atoms with Crippen molar-refractivity contribution in [3.05, 3.63) is 35.4 Å². The molecule has 0 saturated carbocycles. The molecule has 0 aliphatic carbocycles. The van der Waals surface area contributed by atoms with Crippen LogP contribution in [0.3, 0.4) is 0 Å². The van der Waals surface area contributed by atoms with Crippen molar-refractivity contribution in [2.45, 2.75) is 45.8 Å². The van der Waals surface area contributed by atoms with Crippen LogP contribution >= 0.6 is 0 Å². The van der Waals surface area contributed by atoms with Gasteiger partial charge in [0.25, 0.3) is 0 Å². The second kappa shape index (κ2) is 8.24. The van der Waals surface area contributed by atoms with Crippen LogP contribution < -0.4 is 5.32 Å². The van der Waals surface area contributed by atoms with Crippen LogP contribution in [0.4, 0.5) is 13.6 Å². The first-order valence-corrected chi connectivity index (χ1v) is 7.72. The Balaban J connectivity index is 2.33. The summed E-state index contributed by atoms with van der Waals surface area (Å²) in [5.41, 5.74) is 0.175. The van der Waals surface area contributed by atoms with Crippen LogP contribution in [0, 0.1) is 11.6 Å². The lowest BCUT2D eigenvalue weighted by Crippen LogP contribution is -2.35. The first kappa shape index (κ1) is 19.4. The largest absolute Gasteiger partial charge is 0.444 e. The minimum absolute atomic E-state index is 0.100. The van der Waals surface area contributed by atoms with E-state index in [1.54, 1.807) is 13.1 Å². The Kier molecular flexibility index (Phi) is 6.94. The molecule has 1 aromatic rings. The summed E-state index contributed by atoms with van der Waals surface area (Å²) < 4.78 is 31.4. The highest BCUT2D eigenvalue weighted by atomic mass is 19.2. The Morgan fingerprint density at radius 3 is 2.52 bits per heavy atom. The molecule has 4 nitrogen and oxygen atoms in total. The second-order valence-electron chi connectivity index (χ2n) is 6.60. The molecule has 0 heterocycles. The average molecular weight is 328 g/mol. The van der Waals surface area contributed by atoms with Gasteiger partial charge in [-0.2, -0.15) is 0 Å². The van der Waals surface area contributed by atoms with Crippen LogP contribution in [0.2, 0.25) is 0 Å². The number of ether oxygens (including phenoxy) is 1. The molecule has 1 atom stereocenters. The van der Waals surface area contributed by atoms with Crippen LogP contribution in [-0.4, -0.2) is 36.7 Å². The van der Waals surface area contributed by atoms with Gasteiger partial charge >= 0.3 is 6.09 Å². The Morgan fingerprint density at radius 2 is 1.96 bits per heavy atom. The van der Waals surface area contributed by atoms with Crippen LogP contribution in [0.1, 0.15) is 45.7 Å². The molecule has 1 N–H and O–H groups in total. The lowest BCUT2D eigenvalue weighted by Gasteiger charge is -2.24. The van der Waals surface area contributed by atoms with Gasteiger partial charge in [-0.3, -0.25) is 0 Å². The van der Waals surface area contributed by atoms with Gasteiger partial charge in [-0.05, 0) is 58.4 Å². The molecule has 0 fully saturated rings. The first-order valence-electron chi connectivity index (χ1n) is 7.72. The van der Waals surface area contributed by atoms with Crippen molar-refractivity contribution in [3.8, 4) is 0 Å². The first-order chi connectivity index (χ1) is 10.6. The van der Waals surface area contributed by atoms with Gasteiger partial charge in [0.05, 0.1) is 0 Å². The van der Waals surface area contributed by atoms with E-state index < -0.39 is 17.2 Å². The van der Waals surface area contributed by atoms with E-state index in [4.69, 9.17) is 4.74 Å². The molecule has 0 aliphatic rings. The Bertz CT molecular complexity index is 530. The van der Waals surface area contributed by atoms with Gasteiger partial charge in [0.2, 0.25) is 0 Å². The normalized spacial score (nSPS) is 12.8. The highest BCUT2D eigenvalue weighted by Gasteiger charge is 2.19. The highest BCUT2D eigenvalue weighted by Crippen LogP contribution is 2.16. The zero-order chi connectivity index (χ0) is 17.6. The fraction of sp³-hybridized carbons (Fsp3) is 0.588. The summed E-state index contributed by atoms with van der Waals surface area (Å²) in [6, 6.07) is 3.78. The van der Waals surface area contributed by atoms with E-state index in [2.05, 4.69) is 5.32 Å². The number of halogens is 2. The fourth-order valence-corrected chi connectivity index (χ4v) is 1.97. The fourth-order valence-electron chi connectivity index (χ4n) is 1.97. The van der Waals surface area contributed by atoms with E-state index >= 15 is 0 Å². The zero-order valence-corrected chi connectivity index (χ0v) is 14.5. The average Bonchev–Trinajstić information content (AvgIpc) is 2.44. The molecule has 23 heavy (non-hydrogen) atoms. The molecule has 1 aromatic carbocycles. The maximum Gasteiger partial charge on any atom is 0.410 e. The third-order valence-electron chi connectivity index (χ3n) is 3.27. The Morgan fingerprint density at radius 1 is 1.30 bits per heavy atom. The van der Waals surface area contributed by atoms with Crippen molar-refractivity contribution < 1.29 is 18.3 Å². The van der Waals surface area contributed by atoms with Gasteiger partial charge < -0.3 is 15.0 Å². The molecule has 0 aliphatic heterocycles. The number of nitrogens with one attached hydrogen (secondary N) is 1. The Labute approximate surface area is 136 Å². The number of hydrogen-bond donors (Lipinski definition) is 1. The predicted molar refractivity (Wildman–Crippen MR) is 86.3 cm³/mol. The van der Waals surface area contributed by atoms with E-state index in [1.807, 2.05) is 27.7 Å². The molecule has 6 heteroatoms. The van der Waals surface area contributed by atoms with Crippen molar-refractivity contribution in [3.63, 3.8) is 0 Å². The van der Waals surface area contributed by atoms with Crippen LogP contribution in [0.15, 0.2) is 18.2 Å². The van der Waals surface area contributed by atoms with Gasteiger partial charge in [0.15, 0.2) is 11.6 Å². The van der Waals surface area contributed by atoms with Crippen molar-refractivity contribution in [1.29, 1.82) is 0 Å². The molecule has 0 aromatic heterocycles. The maximum absolute atomic E-state index is 13.2. The van der Waals surface area contributed by atoms with Crippen LogP contribution in [-0.2, 0) is 4.74 Å². The van der Waals surface area contributed by atoms with E-state index in [1.165, 1.54) is 11.0 Å². The summed E-state index contributed by atoms with van der Waals surface area (Å²) in [5, 5.41) is 3.22. The topological polar surface area (TPSA) is 41.6 Å². The maximum atomic E-state index is 13.2. The van der Waals surface area contributed by atoms with Gasteiger partial charge in [0.1, 0.15) is 5.60 Å². The minimum atomic E-state index is -0.847. The van der Waals surface area contributed by atoms with Gasteiger partial charge in [-0.15, -0.1) is 0 Å². The standard InChI is InChI=1S/C17H26F2N2O2/c1-12(13-7-8-14(18)15(19)11-13)20-9-6-10-21(5)16(22)23-17(2,3)4/h7-8,11-12,20H,6,9-10H2,1-5H3. The monoisotopic (exact) mass is 328 g/mol. The smallest absolute Gasteiger partial charge is 0.410 e. The van der Waals surface area contributed by atoms with E-state index in [0.29, 0.717) is 18.7 Å². The van der Waals surface area contributed by atoms with Crippen molar-refractivity contribution in [2.75, 3.05) is 20.1 Å². The molecule has 0 radical (unpaired) electrons. The highest BCUT2D eigenvalue weighted by molar-refractivity contribution is 5.67. The molecule has 130 valence electrons. The number of nitrogens with zero attached hydrogens (tertiary/aromatic N) is 1. The molecular weight excluding hydrogens is 302 g/mol. The lowest BCUT2D eigenvalue weighted by atomic mass is 10.1. The van der Waals surface area contributed by atoms with Crippen LogP contribution in [0.25, 0.3) is 0 Å². The predicted octanol–water partition coefficient (Wildman–Crippen LogP) is 3.87. The molecule has 0 saturated heterocycles. The van der Waals surface area contributed by atoms with Gasteiger partial charge in [0, 0.05) is 19.6 Å². The molecule has 0 bridgehead atoms. The summed E-state index contributed by atoms with van der Waals surface area (Å²) >= 11 is 0. The van der Waals surface area contributed by atoms with Gasteiger partial charge in [-0.25, -0.2) is 13.6 Å². The van der Waals surface area contributed by atoms with Crippen molar-refractivity contribution in [1.82, 2.24) is 10.2 Å². The van der Waals surface area contributed by atoms with E-state index in [0.717, 1.165) is 12.5 Å².